The number of ketones is 2. The van der Waals surface area contributed by atoms with Crippen LogP contribution in [0.1, 0.15) is 93.4 Å². The van der Waals surface area contributed by atoms with Gasteiger partial charge in [0.05, 0.1) is 6.57 Å². The number of alkyl halides is 3. The third-order valence-corrected chi connectivity index (χ3v) is 13.1. The smallest absolute Gasteiger partial charge is 0.307 e. The second kappa shape index (κ2) is 9.28. The third kappa shape index (κ3) is 4.19. The Morgan fingerprint density at radius 2 is 1.58 bits per heavy atom. The number of allylic oxidation sites excluding steroid dienone is 4. The second-order valence-electron chi connectivity index (χ2n) is 15.7. The summed E-state index contributed by atoms with van der Waals surface area (Å²) in [7, 11) is 0. The Kier molecular flexibility index (Phi) is 6.79. The van der Waals surface area contributed by atoms with Crippen LogP contribution in [-0.2, 0) is 19.2 Å². The molecule has 0 radical (unpaired) electrons. The Bertz CT molecular complexity index is 1420. The van der Waals surface area contributed by atoms with Crippen molar-refractivity contribution in [2.45, 2.75) is 99.6 Å². The Morgan fingerprint density at radius 3 is 2.19 bits per heavy atom. The normalized spacial score (nSPS) is 43.4. The average Bonchev–Trinajstić information content (AvgIpc) is 2.91. The molecule has 0 unspecified atom stereocenters. The lowest BCUT2D eigenvalue weighted by molar-refractivity contribution is -0.177. The van der Waals surface area contributed by atoms with Crippen molar-refractivity contribution in [1.82, 2.24) is 10.9 Å². The van der Waals surface area contributed by atoms with Crippen LogP contribution in [0.4, 0.5) is 13.2 Å². The SMILES string of the molecule is [C-]#[N+]C1=C[C@]2(C)C3=CC(=O)[C@@H]4[C@@H]5C[C@@](C)(C(=O)NNC(=O)C(F)(F)F)CC[C@]5(C)CC[C@@]4(C)[C@]3(C)CC[C@H]2C(C)(C)C1=O. The maximum Gasteiger partial charge on any atom is 0.472 e. The molecule has 2 amide bonds. The molecule has 5 aliphatic rings. The molecule has 0 aromatic heterocycles. The summed E-state index contributed by atoms with van der Waals surface area (Å²) >= 11 is 0. The van der Waals surface area contributed by atoms with Crippen molar-refractivity contribution in [2.24, 2.45) is 50.2 Å². The van der Waals surface area contributed by atoms with Crippen molar-refractivity contribution in [3.8, 4) is 0 Å². The molecular weight excluding hydrogens is 559 g/mol. The summed E-state index contributed by atoms with van der Waals surface area (Å²) in [6, 6.07) is 0. The lowest BCUT2D eigenvalue weighted by atomic mass is 9.34. The molecule has 0 aliphatic heterocycles. The van der Waals surface area contributed by atoms with Crippen molar-refractivity contribution in [3.63, 3.8) is 0 Å². The van der Waals surface area contributed by atoms with Crippen LogP contribution < -0.4 is 10.9 Å². The van der Waals surface area contributed by atoms with Gasteiger partial charge in [0, 0.05) is 22.2 Å². The van der Waals surface area contributed by atoms with E-state index in [1.807, 2.05) is 25.3 Å². The van der Waals surface area contributed by atoms with E-state index in [-0.39, 0.29) is 34.5 Å². The number of Topliss-reactive ketones (excluding diaryl/α,β-unsaturated/α-hetero) is 1. The van der Waals surface area contributed by atoms with Crippen LogP contribution in [0.2, 0.25) is 0 Å². The van der Waals surface area contributed by atoms with E-state index in [9.17, 15) is 32.3 Å². The number of halogens is 3. The van der Waals surface area contributed by atoms with Crippen molar-refractivity contribution in [3.05, 3.63) is 34.8 Å². The van der Waals surface area contributed by atoms with Crippen LogP contribution in [0.5, 0.6) is 0 Å². The number of amides is 2. The average molecular weight is 602 g/mol. The minimum atomic E-state index is -5.13. The van der Waals surface area contributed by atoms with Crippen LogP contribution in [0.25, 0.3) is 4.85 Å². The monoisotopic (exact) mass is 601 g/mol. The molecule has 234 valence electrons. The highest BCUT2D eigenvalue weighted by molar-refractivity contribution is 6.03. The number of hydrogen-bond donors (Lipinski definition) is 2. The molecule has 0 aromatic rings. The summed E-state index contributed by atoms with van der Waals surface area (Å²) in [5.74, 6) is -3.76. The number of nitrogens with zero attached hydrogens (tertiary/aromatic N) is 1. The fourth-order valence-electron chi connectivity index (χ4n) is 10.2. The molecule has 0 heterocycles. The maximum absolute atomic E-state index is 14.4. The summed E-state index contributed by atoms with van der Waals surface area (Å²) < 4.78 is 38.2. The van der Waals surface area contributed by atoms with Crippen molar-refractivity contribution in [1.29, 1.82) is 0 Å². The molecule has 43 heavy (non-hydrogen) atoms. The molecular formula is C33H42F3N3O4. The van der Waals surface area contributed by atoms with Crippen LogP contribution in [-0.4, -0.2) is 29.6 Å². The van der Waals surface area contributed by atoms with Gasteiger partial charge >= 0.3 is 12.1 Å². The van der Waals surface area contributed by atoms with E-state index in [2.05, 4.69) is 32.5 Å². The molecule has 0 aromatic carbocycles. The molecule has 3 fully saturated rings. The number of hydrazine groups is 1. The quantitative estimate of drug-likeness (QED) is 0.274. The van der Waals surface area contributed by atoms with Crippen molar-refractivity contribution < 1.29 is 32.3 Å². The van der Waals surface area contributed by atoms with Crippen LogP contribution in [0, 0.1) is 56.8 Å². The van der Waals surface area contributed by atoms with E-state index >= 15 is 0 Å². The van der Waals surface area contributed by atoms with Gasteiger partial charge in [0.25, 0.3) is 0 Å². The molecule has 5 rings (SSSR count). The molecule has 3 saturated carbocycles. The van der Waals surface area contributed by atoms with Crippen LogP contribution in [0.15, 0.2) is 23.4 Å². The van der Waals surface area contributed by atoms with Gasteiger partial charge in [-0.3, -0.25) is 25.2 Å². The first-order valence-electron chi connectivity index (χ1n) is 15.2. The lowest BCUT2D eigenvalue weighted by Gasteiger charge is -2.69. The standard InChI is InChI=1S/C33H42F3N3O4/c1-27(2)21-9-10-31(6)22(30(21,5)17-19(37-8)24(27)41)15-20(40)23-18-16-29(4,25(42)38-39-26(43)33(34,35)36)12-11-28(18,3)13-14-32(23,31)7/h15,17-18,21,23H,9-14,16H2,1-7H3,(H,38,42)(H,39,43)/t18-,21-,23-,28+,29-,30-,31+,32+/m0/s1. The first-order chi connectivity index (χ1) is 19.6. The fourth-order valence-corrected chi connectivity index (χ4v) is 10.2. The van der Waals surface area contributed by atoms with Crippen LogP contribution in [0.3, 0.4) is 0 Å². The van der Waals surface area contributed by atoms with Gasteiger partial charge in [-0.25, -0.2) is 4.85 Å². The predicted molar refractivity (Wildman–Crippen MR) is 152 cm³/mol. The Labute approximate surface area is 251 Å². The largest absolute Gasteiger partial charge is 0.472 e. The molecule has 10 heteroatoms. The number of nitrogens with one attached hydrogen (secondary N) is 2. The Morgan fingerprint density at radius 1 is 0.953 bits per heavy atom. The molecule has 5 aliphatic carbocycles. The predicted octanol–water partition coefficient (Wildman–Crippen LogP) is 6.27. The molecule has 7 nitrogen and oxygen atoms in total. The van der Waals surface area contributed by atoms with E-state index in [4.69, 9.17) is 6.57 Å². The van der Waals surface area contributed by atoms with Gasteiger partial charge < -0.3 is 4.79 Å². The van der Waals surface area contributed by atoms with Gasteiger partial charge in [-0.1, -0.05) is 60.1 Å². The van der Waals surface area contributed by atoms with Gasteiger partial charge in [0.2, 0.25) is 11.6 Å². The second-order valence-corrected chi connectivity index (χ2v) is 15.7. The zero-order valence-electron chi connectivity index (χ0n) is 26.1. The topological polar surface area (TPSA) is 96.7 Å². The van der Waals surface area contributed by atoms with E-state index in [1.54, 1.807) is 13.0 Å². The van der Waals surface area contributed by atoms with Gasteiger partial charge in [0.1, 0.15) is 0 Å². The van der Waals surface area contributed by atoms with Crippen molar-refractivity contribution in [2.75, 3.05) is 0 Å². The minimum absolute atomic E-state index is 0.0183. The summed E-state index contributed by atoms with van der Waals surface area (Å²) in [5.41, 5.74) is 1.03. The molecule has 0 spiro atoms. The van der Waals surface area contributed by atoms with E-state index in [0.717, 1.165) is 31.3 Å². The fraction of sp³-hybridized carbons (Fsp3) is 0.727. The zero-order valence-corrected chi connectivity index (χ0v) is 26.1. The highest BCUT2D eigenvalue weighted by Gasteiger charge is 2.69. The zero-order chi connectivity index (χ0) is 32.2. The van der Waals surface area contributed by atoms with Gasteiger partial charge in [-0.15, -0.1) is 0 Å². The van der Waals surface area contributed by atoms with E-state index < -0.39 is 51.0 Å². The number of fused-ring (bicyclic) bond motifs is 7. The number of hydrogen-bond acceptors (Lipinski definition) is 4. The Balaban J connectivity index is 1.54. The van der Waals surface area contributed by atoms with Crippen molar-refractivity contribution >= 4 is 23.4 Å². The minimum Gasteiger partial charge on any atom is -0.307 e. The number of rotatable bonds is 1. The third-order valence-electron chi connectivity index (χ3n) is 13.1. The number of carbonyl (C=O) groups is 4. The van der Waals surface area contributed by atoms with E-state index in [1.165, 1.54) is 5.43 Å². The maximum atomic E-state index is 14.4. The summed E-state index contributed by atoms with van der Waals surface area (Å²) in [4.78, 5) is 55.9. The number of carbonyl (C=O) groups excluding carboxylic acids is 4. The highest BCUT2D eigenvalue weighted by Crippen LogP contribution is 2.74. The first kappa shape index (κ1) is 31.5. The molecule has 0 bridgehead atoms. The van der Waals surface area contributed by atoms with Gasteiger partial charge in [-0.05, 0) is 79.1 Å². The summed E-state index contributed by atoms with van der Waals surface area (Å²) in [6.45, 7) is 21.9. The van der Waals surface area contributed by atoms with Crippen LogP contribution >= 0.6 is 0 Å². The lowest BCUT2D eigenvalue weighted by Crippen LogP contribution is -2.65. The van der Waals surface area contributed by atoms with E-state index in [0.29, 0.717) is 19.3 Å². The summed E-state index contributed by atoms with van der Waals surface area (Å²) in [5, 5.41) is 0. The Hall–Kier alpha value is -2.96. The van der Waals surface area contributed by atoms with Gasteiger partial charge in [-0.2, -0.15) is 13.2 Å². The highest BCUT2D eigenvalue weighted by atomic mass is 19.4. The molecule has 8 atom stereocenters. The van der Waals surface area contributed by atoms with Gasteiger partial charge in [0.15, 0.2) is 11.6 Å². The molecule has 2 N–H and O–H groups in total. The molecule has 0 saturated heterocycles. The summed E-state index contributed by atoms with van der Waals surface area (Å²) in [6.07, 6.45) is 3.03. The first-order valence-corrected chi connectivity index (χ1v) is 15.2.